The molecule has 3 nitrogen and oxygen atoms in total. The monoisotopic (exact) mass is 376 g/mol. The number of aliphatic imine (C=N–C) groups is 1. The van der Waals surface area contributed by atoms with E-state index in [1.54, 1.807) is 0 Å². The Morgan fingerprint density at radius 1 is 0.760 bits per heavy atom. The summed E-state index contributed by atoms with van der Waals surface area (Å²) in [7, 11) is 0. The molecule has 0 unspecified atom stereocenters. The second-order valence-corrected chi connectivity index (χ2v) is 7.56. The summed E-state index contributed by atoms with van der Waals surface area (Å²) in [5.41, 5.74) is 0. The zero-order chi connectivity index (χ0) is 18.0. The predicted octanol–water partition coefficient (Wildman–Crippen LogP) is 6.89. The Hall–Kier alpha value is -0.440. The summed E-state index contributed by atoms with van der Waals surface area (Å²) < 4.78 is 5.79. The summed E-state index contributed by atoms with van der Waals surface area (Å²) in [4.78, 5) is 4.49. The predicted molar refractivity (Wildman–Crippen MR) is 115 cm³/mol. The molecule has 0 amide bonds. The number of rotatable bonds is 15. The number of unbranched alkanes of at least 4 members (excludes halogenated alkanes) is 11. The van der Waals surface area contributed by atoms with Gasteiger partial charge in [0.1, 0.15) is 0 Å². The minimum absolute atomic E-state index is 0. The lowest BCUT2D eigenvalue weighted by atomic mass is 10.1. The lowest BCUT2D eigenvalue weighted by Gasteiger charge is -2.15. The van der Waals surface area contributed by atoms with Gasteiger partial charge in [0, 0.05) is 12.1 Å². The molecule has 0 heterocycles. The fourth-order valence-electron chi connectivity index (χ4n) is 2.71. The molecule has 0 radical (unpaired) electrons. The molecule has 0 aliphatic carbocycles. The van der Waals surface area contributed by atoms with Crippen molar-refractivity contribution in [2.45, 2.75) is 124 Å². The lowest BCUT2D eigenvalue weighted by molar-refractivity contribution is 0.272. The maximum absolute atomic E-state index is 5.79. The van der Waals surface area contributed by atoms with Crippen LogP contribution in [-0.2, 0) is 4.74 Å². The van der Waals surface area contributed by atoms with Crippen molar-refractivity contribution < 1.29 is 4.74 Å². The summed E-state index contributed by atoms with van der Waals surface area (Å²) in [6.45, 7) is 11.4. The highest BCUT2D eigenvalue weighted by atomic mass is 35.5. The summed E-state index contributed by atoms with van der Waals surface area (Å²) >= 11 is 0. The highest BCUT2D eigenvalue weighted by Gasteiger charge is 2.03. The van der Waals surface area contributed by atoms with Crippen LogP contribution >= 0.6 is 12.4 Å². The van der Waals surface area contributed by atoms with Crippen LogP contribution in [0.4, 0.5) is 0 Å². The molecule has 0 fully saturated rings. The second kappa shape index (κ2) is 19.9. The SMILES string of the molecule is CCCCCCCCCCCCCCOC(=NC(C)C)NC(C)C.Cl. The first-order valence-electron chi connectivity index (χ1n) is 10.5. The van der Waals surface area contributed by atoms with Gasteiger partial charge >= 0.3 is 0 Å². The van der Waals surface area contributed by atoms with Gasteiger partial charge in [-0.25, -0.2) is 4.99 Å². The Morgan fingerprint density at radius 3 is 1.60 bits per heavy atom. The van der Waals surface area contributed by atoms with Gasteiger partial charge in [0.05, 0.1) is 6.61 Å². The van der Waals surface area contributed by atoms with Gasteiger partial charge in [-0.05, 0) is 34.1 Å². The number of nitrogens with one attached hydrogen (secondary N) is 1. The van der Waals surface area contributed by atoms with Gasteiger partial charge in [-0.3, -0.25) is 0 Å². The topological polar surface area (TPSA) is 33.6 Å². The molecule has 1 N–H and O–H groups in total. The Morgan fingerprint density at radius 2 is 1.20 bits per heavy atom. The summed E-state index contributed by atoms with van der Waals surface area (Å²) in [5.74, 6) is 0. The largest absolute Gasteiger partial charge is 0.465 e. The van der Waals surface area contributed by atoms with Crippen LogP contribution in [0.15, 0.2) is 4.99 Å². The second-order valence-electron chi connectivity index (χ2n) is 7.56. The Kier molecular flexibility index (Phi) is 21.3. The normalized spacial score (nSPS) is 11.7. The van der Waals surface area contributed by atoms with Gasteiger partial charge < -0.3 is 10.1 Å². The van der Waals surface area contributed by atoms with Crippen LogP contribution in [0.5, 0.6) is 0 Å². The molecule has 0 bridgehead atoms. The van der Waals surface area contributed by atoms with Crippen molar-refractivity contribution in [3.63, 3.8) is 0 Å². The molecule has 152 valence electrons. The summed E-state index contributed by atoms with van der Waals surface area (Å²) in [6, 6.07) is 1.35. The first kappa shape index (κ1) is 26.8. The van der Waals surface area contributed by atoms with E-state index in [1.807, 2.05) is 0 Å². The first-order chi connectivity index (χ1) is 11.6. The van der Waals surface area contributed by atoms with Crippen molar-refractivity contribution in [3.05, 3.63) is 0 Å². The van der Waals surface area contributed by atoms with E-state index in [2.05, 4.69) is 44.9 Å². The van der Waals surface area contributed by atoms with Crippen molar-refractivity contribution in [3.8, 4) is 0 Å². The van der Waals surface area contributed by atoms with Crippen molar-refractivity contribution in [2.24, 2.45) is 4.99 Å². The number of hydrogen-bond acceptors (Lipinski definition) is 2. The molecule has 0 saturated heterocycles. The number of amidine groups is 1. The van der Waals surface area contributed by atoms with Crippen molar-refractivity contribution in [2.75, 3.05) is 6.61 Å². The van der Waals surface area contributed by atoms with Gasteiger partial charge in [0.15, 0.2) is 0 Å². The minimum atomic E-state index is 0. The van der Waals surface area contributed by atoms with Crippen LogP contribution in [0.25, 0.3) is 0 Å². The zero-order valence-electron chi connectivity index (χ0n) is 17.6. The zero-order valence-corrected chi connectivity index (χ0v) is 18.4. The molecule has 0 spiro atoms. The van der Waals surface area contributed by atoms with Crippen LogP contribution in [0.2, 0.25) is 0 Å². The molecule has 0 aromatic rings. The highest BCUT2D eigenvalue weighted by Crippen LogP contribution is 2.11. The van der Waals surface area contributed by atoms with Gasteiger partial charge in [0.25, 0.3) is 6.02 Å². The van der Waals surface area contributed by atoms with Gasteiger partial charge in [-0.1, -0.05) is 77.6 Å². The fourth-order valence-corrected chi connectivity index (χ4v) is 2.71. The highest BCUT2D eigenvalue weighted by molar-refractivity contribution is 5.85. The van der Waals surface area contributed by atoms with Crippen LogP contribution in [0.3, 0.4) is 0 Å². The molecule has 0 aromatic heterocycles. The third kappa shape index (κ3) is 21.5. The Labute approximate surface area is 164 Å². The fraction of sp³-hybridized carbons (Fsp3) is 0.952. The van der Waals surface area contributed by atoms with Crippen LogP contribution in [0.1, 0.15) is 112 Å². The molecule has 0 aliphatic rings. The smallest absolute Gasteiger partial charge is 0.285 e. The third-order valence-corrected chi connectivity index (χ3v) is 4.02. The molecule has 4 heteroatoms. The van der Waals surface area contributed by atoms with Crippen molar-refractivity contribution in [1.29, 1.82) is 0 Å². The van der Waals surface area contributed by atoms with Gasteiger partial charge in [-0.15, -0.1) is 12.4 Å². The van der Waals surface area contributed by atoms with Gasteiger partial charge in [-0.2, -0.15) is 0 Å². The van der Waals surface area contributed by atoms with E-state index in [4.69, 9.17) is 4.74 Å². The standard InChI is InChI=1S/C21H44N2O.ClH/c1-6-7-8-9-10-11-12-13-14-15-16-17-18-24-21(22-19(2)3)23-20(4)5;/h19-20H,6-18H2,1-5H3,(H,22,23);1H. The average molecular weight is 377 g/mol. The number of ether oxygens (including phenoxy) is 1. The van der Waals surface area contributed by atoms with Crippen molar-refractivity contribution >= 4 is 18.4 Å². The van der Waals surface area contributed by atoms with E-state index in [9.17, 15) is 0 Å². The maximum Gasteiger partial charge on any atom is 0.285 e. The van der Waals surface area contributed by atoms with E-state index < -0.39 is 0 Å². The molecule has 0 aliphatic heterocycles. The molecule has 25 heavy (non-hydrogen) atoms. The summed E-state index contributed by atoms with van der Waals surface area (Å²) in [5, 5.41) is 3.28. The van der Waals surface area contributed by atoms with E-state index in [-0.39, 0.29) is 18.4 Å². The lowest BCUT2D eigenvalue weighted by Crippen LogP contribution is -2.33. The van der Waals surface area contributed by atoms with Crippen LogP contribution in [-0.4, -0.2) is 24.7 Å². The molecular formula is C21H45ClN2O. The molecule has 0 rings (SSSR count). The van der Waals surface area contributed by atoms with E-state index in [0.717, 1.165) is 13.0 Å². The van der Waals surface area contributed by atoms with E-state index in [0.29, 0.717) is 12.1 Å². The van der Waals surface area contributed by atoms with Crippen LogP contribution in [0, 0.1) is 0 Å². The Balaban J connectivity index is 0. The van der Waals surface area contributed by atoms with Crippen LogP contribution < -0.4 is 5.32 Å². The Bertz CT molecular complexity index is 294. The maximum atomic E-state index is 5.79. The summed E-state index contributed by atoms with van der Waals surface area (Å²) in [6.07, 6.45) is 16.5. The van der Waals surface area contributed by atoms with E-state index in [1.165, 1.54) is 70.6 Å². The number of hydrogen-bond donors (Lipinski definition) is 1. The molecule has 0 atom stereocenters. The van der Waals surface area contributed by atoms with Gasteiger partial charge in [0.2, 0.25) is 0 Å². The molecule has 0 aromatic carbocycles. The average Bonchev–Trinajstić information content (AvgIpc) is 2.50. The molecule has 0 saturated carbocycles. The third-order valence-electron chi connectivity index (χ3n) is 4.02. The first-order valence-corrected chi connectivity index (χ1v) is 10.5. The quantitative estimate of drug-likeness (QED) is 0.192. The minimum Gasteiger partial charge on any atom is -0.465 e. The molecular weight excluding hydrogens is 332 g/mol. The van der Waals surface area contributed by atoms with E-state index >= 15 is 0 Å². The van der Waals surface area contributed by atoms with Crippen molar-refractivity contribution in [1.82, 2.24) is 5.32 Å². The number of nitrogens with zero attached hydrogens (tertiary/aromatic N) is 1. The number of halogens is 1.